The number of hydrogen-bond acceptors (Lipinski definition) is 4. The Morgan fingerprint density at radius 1 is 1.00 bits per heavy atom. The average Bonchev–Trinajstić information content (AvgIpc) is 2.31. The van der Waals surface area contributed by atoms with E-state index in [0.29, 0.717) is 38.4 Å². The summed E-state index contributed by atoms with van der Waals surface area (Å²) in [5.41, 5.74) is 0. The van der Waals surface area contributed by atoms with E-state index in [1.807, 2.05) is 0 Å². The standard InChI is InChI=1S/C12H26INO3/c1-11(2)12(10-13)14-4-5-16-8-9-17-7-6-15-3/h11-12,14H,4-10H2,1-3H3. The van der Waals surface area contributed by atoms with Crippen LogP contribution in [0.2, 0.25) is 0 Å². The van der Waals surface area contributed by atoms with Crippen molar-refractivity contribution in [2.45, 2.75) is 19.9 Å². The van der Waals surface area contributed by atoms with Gasteiger partial charge in [-0.2, -0.15) is 0 Å². The maximum Gasteiger partial charge on any atom is 0.0701 e. The topological polar surface area (TPSA) is 39.7 Å². The quantitative estimate of drug-likeness (QED) is 0.327. The molecule has 0 aromatic heterocycles. The van der Waals surface area contributed by atoms with E-state index in [0.717, 1.165) is 17.6 Å². The first-order chi connectivity index (χ1) is 8.22. The Balaban J connectivity index is 3.17. The van der Waals surface area contributed by atoms with Gasteiger partial charge in [-0.3, -0.25) is 0 Å². The molecule has 0 amide bonds. The molecule has 0 aliphatic rings. The summed E-state index contributed by atoms with van der Waals surface area (Å²) in [4.78, 5) is 0. The lowest BCUT2D eigenvalue weighted by atomic mass is 10.1. The van der Waals surface area contributed by atoms with Crippen molar-refractivity contribution in [2.75, 3.05) is 51.1 Å². The highest BCUT2D eigenvalue weighted by molar-refractivity contribution is 14.1. The molecular weight excluding hydrogens is 333 g/mol. The fourth-order valence-corrected chi connectivity index (χ4v) is 2.58. The number of halogens is 1. The van der Waals surface area contributed by atoms with Gasteiger partial charge >= 0.3 is 0 Å². The van der Waals surface area contributed by atoms with Gasteiger partial charge in [0.2, 0.25) is 0 Å². The van der Waals surface area contributed by atoms with Crippen molar-refractivity contribution in [2.24, 2.45) is 5.92 Å². The molecule has 4 nitrogen and oxygen atoms in total. The van der Waals surface area contributed by atoms with Gasteiger partial charge in [0.1, 0.15) is 0 Å². The summed E-state index contributed by atoms with van der Waals surface area (Å²) in [6.45, 7) is 8.71. The maximum absolute atomic E-state index is 5.46. The molecule has 0 aromatic rings. The van der Waals surface area contributed by atoms with Gasteiger partial charge in [0.25, 0.3) is 0 Å². The Hall–Kier alpha value is 0.570. The number of nitrogens with one attached hydrogen (secondary N) is 1. The largest absolute Gasteiger partial charge is 0.382 e. The van der Waals surface area contributed by atoms with Crippen LogP contribution >= 0.6 is 22.6 Å². The van der Waals surface area contributed by atoms with E-state index in [2.05, 4.69) is 41.8 Å². The minimum absolute atomic E-state index is 0.581. The number of rotatable bonds is 12. The van der Waals surface area contributed by atoms with Crippen LogP contribution in [0.15, 0.2) is 0 Å². The molecule has 0 spiro atoms. The molecule has 0 saturated heterocycles. The zero-order valence-electron chi connectivity index (χ0n) is 11.2. The fourth-order valence-electron chi connectivity index (χ4n) is 1.25. The Kier molecular flexibility index (Phi) is 13.4. The van der Waals surface area contributed by atoms with Gasteiger partial charge in [0, 0.05) is 24.1 Å². The molecule has 0 radical (unpaired) electrons. The molecule has 0 aliphatic carbocycles. The van der Waals surface area contributed by atoms with Crippen LogP contribution < -0.4 is 5.32 Å². The van der Waals surface area contributed by atoms with Crippen molar-refractivity contribution in [3.8, 4) is 0 Å². The third-order valence-corrected chi connectivity index (χ3v) is 3.38. The van der Waals surface area contributed by atoms with Gasteiger partial charge in [0.05, 0.1) is 33.0 Å². The summed E-state index contributed by atoms with van der Waals surface area (Å²) < 4.78 is 16.8. The summed E-state index contributed by atoms with van der Waals surface area (Å²) in [5.74, 6) is 0.671. The highest BCUT2D eigenvalue weighted by Crippen LogP contribution is 2.04. The Morgan fingerprint density at radius 3 is 2.12 bits per heavy atom. The van der Waals surface area contributed by atoms with Crippen LogP contribution in [0, 0.1) is 5.92 Å². The van der Waals surface area contributed by atoms with Crippen LogP contribution in [-0.2, 0) is 14.2 Å². The normalized spacial score (nSPS) is 13.2. The van der Waals surface area contributed by atoms with Crippen molar-refractivity contribution in [3.05, 3.63) is 0 Å². The van der Waals surface area contributed by atoms with E-state index < -0.39 is 0 Å². The monoisotopic (exact) mass is 359 g/mol. The molecule has 1 atom stereocenters. The van der Waals surface area contributed by atoms with Crippen molar-refractivity contribution < 1.29 is 14.2 Å². The molecule has 0 bridgehead atoms. The first-order valence-electron chi connectivity index (χ1n) is 6.16. The molecule has 17 heavy (non-hydrogen) atoms. The van der Waals surface area contributed by atoms with Crippen LogP contribution in [0.1, 0.15) is 13.8 Å². The second-order valence-corrected chi connectivity index (χ2v) is 5.06. The second kappa shape index (κ2) is 13.0. The molecular formula is C12H26INO3. The van der Waals surface area contributed by atoms with Crippen molar-refractivity contribution in [3.63, 3.8) is 0 Å². The van der Waals surface area contributed by atoms with E-state index in [1.165, 1.54) is 0 Å². The van der Waals surface area contributed by atoms with E-state index in [1.54, 1.807) is 7.11 Å². The third kappa shape index (κ3) is 11.4. The van der Waals surface area contributed by atoms with Crippen molar-refractivity contribution in [1.82, 2.24) is 5.32 Å². The van der Waals surface area contributed by atoms with E-state index in [-0.39, 0.29) is 0 Å². The zero-order chi connectivity index (χ0) is 12.9. The lowest BCUT2D eigenvalue weighted by Crippen LogP contribution is -2.37. The molecule has 1 unspecified atom stereocenters. The molecule has 0 heterocycles. The van der Waals surface area contributed by atoms with Crippen LogP contribution in [0.25, 0.3) is 0 Å². The minimum atomic E-state index is 0.581. The predicted octanol–water partition coefficient (Wildman–Crippen LogP) is 1.72. The number of methoxy groups -OCH3 is 1. The summed E-state index contributed by atoms with van der Waals surface area (Å²) in [5, 5.41) is 3.49. The van der Waals surface area contributed by atoms with Gasteiger partial charge < -0.3 is 19.5 Å². The van der Waals surface area contributed by atoms with Gasteiger partial charge in [0.15, 0.2) is 0 Å². The minimum Gasteiger partial charge on any atom is -0.382 e. The summed E-state index contributed by atoms with van der Waals surface area (Å²) in [6.07, 6.45) is 0. The van der Waals surface area contributed by atoms with Crippen LogP contribution in [0.4, 0.5) is 0 Å². The van der Waals surface area contributed by atoms with Gasteiger partial charge in [-0.05, 0) is 5.92 Å². The predicted molar refractivity (Wildman–Crippen MR) is 79.0 cm³/mol. The lowest BCUT2D eigenvalue weighted by Gasteiger charge is -2.19. The SMILES string of the molecule is COCCOCCOCCNC(CI)C(C)C. The summed E-state index contributed by atoms with van der Waals surface area (Å²) in [7, 11) is 1.67. The average molecular weight is 359 g/mol. The molecule has 0 aromatic carbocycles. The van der Waals surface area contributed by atoms with Gasteiger partial charge in [-0.25, -0.2) is 0 Å². The van der Waals surface area contributed by atoms with E-state index in [9.17, 15) is 0 Å². The Morgan fingerprint density at radius 2 is 1.59 bits per heavy atom. The zero-order valence-corrected chi connectivity index (χ0v) is 13.4. The van der Waals surface area contributed by atoms with Crippen LogP contribution in [0.3, 0.4) is 0 Å². The smallest absolute Gasteiger partial charge is 0.0701 e. The maximum atomic E-state index is 5.46. The van der Waals surface area contributed by atoms with Crippen LogP contribution in [-0.4, -0.2) is 57.2 Å². The number of hydrogen-bond donors (Lipinski definition) is 1. The fraction of sp³-hybridized carbons (Fsp3) is 1.00. The number of alkyl halides is 1. The molecule has 0 rings (SSSR count). The first kappa shape index (κ1) is 17.6. The summed E-state index contributed by atoms with van der Waals surface area (Å²) >= 11 is 2.42. The number of ether oxygens (including phenoxy) is 3. The highest BCUT2D eigenvalue weighted by atomic mass is 127. The second-order valence-electron chi connectivity index (χ2n) is 4.18. The van der Waals surface area contributed by atoms with Gasteiger partial charge in [-0.1, -0.05) is 36.4 Å². The lowest BCUT2D eigenvalue weighted by molar-refractivity contribution is 0.0251. The molecule has 104 valence electrons. The third-order valence-electron chi connectivity index (χ3n) is 2.43. The van der Waals surface area contributed by atoms with Crippen molar-refractivity contribution in [1.29, 1.82) is 0 Å². The molecule has 1 N–H and O–H groups in total. The Bertz CT molecular complexity index is 159. The summed E-state index contributed by atoms with van der Waals surface area (Å²) in [6, 6.07) is 0.581. The molecule has 0 aliphatic heterocycles. The molecule has 5 heteroatoms. The van der Waals surface area contributed by atoms with E-state index >= 15 is 0 Å². The van der Waals surface area contributed by atoms with Crippen molar-refractivity contribution >= 4 is 22.6 Å². The van der Waals surface area contributed by atoms with Gasteiger partial charge in [-0.15, -0.1) is 0 Å². The Labute approximate surface area is 119 Å². The first-order valence-corrected chi connectivity index (χ1v) is 7.68. The highest BCUT2D eigenvalue weighted by Gasteiger charge is 2.09. The molecule has 0 fully saturated rings. The van der Waals surface area contributed by atoms with E-state index in [4.69, 9.17) is 14.2 Å². The molecule has 0 saturated carbocycles. The van der Waals surface area contributed by atoms with Crippen LogP contribution in [0.5, 0.6) is 0 Å².